The number of allylic oxidation sites excluding steroid dienone is 1. The zero-order valence-corrected chi connectivity index (χ0v) is 15.5. The zero-order chi connectivity index (χ0) is 19.0. The van der Waals surface area contributed by atoms with Crippen LogP contribution in [-0.4, -0.2) is 20.4 Å². The number of hydrogen-bond donors (Lipinski definition) is 0. The summed E-state index contributed by atoms with van der Waals surface area (Å²) in [7, 11) is 0. The van der Waals surface area contributed by atoms with Gasteiger partial charge in [0.2, 0.25) is 0 Å². The normalized spacial score (nSPS) is 11.9. The van der Waals surface area contributed by atoms with Gasteiger partial charge in [-0.2, -0.15) is 4.99 Å². The van der Waals surface area contributed by atoms with Crippen LogP contribution < -0.4 is 4.80 Å². The molecule has 0 aliphatic rings. The molecule has 134 valence electrons. The van der Waals surface area contributed by atoms with Crippen LogP contribution in [0.3, 0.4) is 0 Å². The molecule has 2 aromatic carbocycles. The molecule has 0 fully saturated rings. The van der Waals surface area contributed by atoms with E-state index in [4.69, 9.17) is 0 Å². The summed E-state index contributed by atoms with van der Waals surface area (Å²) in [4.78, 5) is 32.2. The van der Waals surface area contributed by atoms with Crippen molar-refractivity contribution in [2.45, 2.75) is 6.54 Å². The van der Waals surface area contributed by atoms with Crippen LogP contribution in [0.4, 0.5) is 5.69 Å². The Hall–Kier alpha value is -3.17. The summed E-state index contributed by atoms with van der Waals surface area (Å²) in [5.74, 6) is -0.371. The van der Waals surface area contributed by atoms with Crippen molar-refractivity contribution in [3.63, 3.8) is 0 Å². The maximum atomic E-state index is 12.7. The van der Waals surface area contributed by atoms with Crippen LogP contribution in [0.15, 0.2) is 59.6 Å². The van der Waals surface area contributed by atoms with Crippen molar-refractivity contribution in [1.29, 1.82) is 0 Å². The quantitative estimate of drug-likeness (QED) is 0.294. The highest BCUT2D eigenvalue weighted by molar-refractivity contribution is 7.17. The van der Waals surface area contributed by atoms with Crippen molar-refractivity contribution in [2.75, 3.05) is 0 Å². The third-order valence-corrected chi connectivity index (χ3v) is 5.81. The Bertz CT molecular complexity index is 1280. The van der Waals surface area contributed by atoms with Crippen LogP contribution >= 0.6 is 22.7 Å². The van der Waals surface area contributed by atoms with Crippen LogP contribution in [-0.2, 0) is 6.54 Å². The molecule has 4 aromatic rings. The number of carbonyl (C=O) groups is 1. The van der Waals surface area contributed by atoms with E-state index in [2.05, 4.69) is 16.6 Å². The lowest BCUT2D eigenvalue weighted by molar-refractivity contribution is -0.384. The summed E-state index contributed by atoms with van der Waals surface area (Å²) in [5.41, 5.74) is 3.69. The number of rotatable bonds is 4. The number of amides is 1. The molecule has 0 saturated heterocycles. The molecular formula is C18H12N4O3S2. The minimum absolute atomic E-state index is 0.00774. The lowest BCUT2D eigenvalue weighted by atomic mass is 10.2. The van der Waals surface area contributed by atoms with E-state index in [0.29, 0.717) is 22.4 Å². The van der Waals surface area contributed by atoms with Crippen LogP contribution in [0, 0.1) is 10.1 Å². The average molecular weight is 396 g/mol. The summed E-state index contributed by atoms with van der Waals surface area (Å²) in [6.45, 7) is 4.11. The van der Waals surface area contributed by atoms with E-state index in [0.717, 1.165) is 14.9 Å². The average Bonchev–Trinajstić information content (AvgIpc) is 3.25. The first-order valence-corrected chi connectivity index (χ1v) is 9.57. The Morgan fingerprint density at radius 3 is 2.93 bits per heavy atom. The molecule has 0 aliphatic carbocycles. The van der Waals surface area contributed by atoms with Crippen LogP contribution in [0.25, 0.3) is 20.4 Å². The molecule has 7 nitrogen and oxygen atoms in total. The Labute approximate surface area is 160 Å². The molecule has 4 rings (SSSR count). The van der Waals surface area contributed by atoms with Gasteiger partial charge < -0.3 is 4.57 Å². The molecule has 0 saturated carbocycles. The van der Waals surface area contributed by atoms with Gasteiger partial charge in [-0.3, -0.25) is 14.9 Å². The third-order valence-electron chi connectivity index (χ3n) is 3.96. The van der Waals surface area contributed by atoms with E-state index in [-0.39, 0.29) is 11.6 Å². The van der Waals surface area contributed by atoms with Gasteiger partial charge in [0.05, 0.1) is 30.9 Å². The first kappa shape index (κ1) is 17.3. The van der Waals surface area contributed by atoms with Crippen molar-refractivity contribution >= 4 is 54.7 Å². The fraction of sp³-hybridized carbons (Fsp3) is 0.0556. The highest BCUT2D eigenvalue weighted by Crippen LogP contribution is 2.23. The molecule has 27 heavy (non-hydrogen) atoms. The van der Waals surface area contributed by atoms with Gasteiger partial charge >= 0.3 is 0 Å². The van der Waals surface area contributed by atoms with Crippen LogP contribution in [0.2, 0.25) is 0 Å². The number of aromatic nitrogens is 2. The van der Waals surface area contributed by atoms with Crippen molar-refractivity contribution in [3.8, 4) is 0 Å². The molecular weight excluding hydrogens is 384 g/mol. The molecule has 2 heterocycles. The SMILES string of the molecule is C=CCn1c(=NC(=O)c2ccc3ncsc3c2)sc2ccc([N+](=O)[O-])cc21. The van der Waals surface area contributed by atoms with E-state index in [9.17, 15) is 14.9 Å². The second kappa shape index (κ2) is 6.86. The summed E-state index contributed by atoms with van der Waals surface area (Å²) in [6, 6.07) is 9.87. The third kappa shape index (κ3) is 3.18. The monoisotopic (exact) mass is 396 g/mol. The number of thiazole rings is 2. The zero-order valence-electron chi connectivity index (χ0n) is 13.9. The number of benzene rings is 2. The number of nitro benzene ring substituents is 1. The minimum atomic E-state index is -0.443. The molecule has 9 heteroatoms. The molecule has 0 aliphatic heterocycles. The van der Waals surface area contributed by atoms with Crippen LogP contribution in [0.5, 0.6) is 0 Å². The topological polar surface area (TPSA) is 90.4 Å². The molecule has 2 aromatic heterocycles. The molecule has 1 amide bonds. The van der Waals surface area contributed by atoms with Gasteiger partial charge in [0.1, 0.15) is 0 Å². The lowest BCUT2D eigenvalue weighted by Gasteiger charge is -2.01. The highest BCUT2D eigenvalue weighted by atomic mass is 32.1. The van der Waals surface area contributed by atoms with E-state index >= 15 is 0 Å². The molecule has 0 spiro atoms. The van der Waals surface area contributed by atoms with Crippen LogP contribution in [0.1, 0.15) is 10.4 Å². The summed E-state index contributed by atoms with van der Waals surface area (Å²) >= 11 is 2.77. The first-order valence-electron chi connectivity index (χ1n) is 7.88. The molecule has 0 unspecified atom stereocenters. The Morgan fingerprint density at radius 2 is 2.15 bits per heavy atom. The second-order valence-corrected chi connectivity index (χ2v) is 7.54. The first-order chi connectivity index (χ1) is 13.1. The number of nitro groups is 1. The summed E-state index contributed by atoms with van der Waals surface area (Å²) in [6.07, 6.45) is 1.66. The number of carbonyl (C=O) groups excluding carboxylic acids is 1. The summed E-state index contributed by atoms with van der Waals surface area (Å²) in [5, 5.41) is 11.1. The minimum Gasteiger partial charge on any atom is -0.312 e. The van der Waals surface area contributed by atoms with Gasteiger partial charge in [0.15, 0.2) is 4.80 Å². The van der Waals surface area contributed by atoms with Gasteiger partial charge in [-0.15, -0.1) is 17.9 Å². The van der Waals surface area contributed by atoms with Gasteiger partial charge in [-0.25, -0.2) is 4.98 Å². The number of fused-ring (bicyclic) bond motifs is 2. The Morgan fingerprint density at radius 1 is 1.30 bits per heavy atom. The van der Waals surface area contributed by atoms with Gasteiger partial charge in [0, 0.05) is 24.2 Å². The predicted molar refractivity (Wildman–Crippen MR) is 106 cm³/mol. The Balaban J connectivity index is 1.85. The molecule has 0 radical (unpaired) electrons. The van der Waals surface area contributed by atoms with Crippen molar-refractivity contribution < 1.29 is 9.72 Å². The maximum absolute atomic E-state index is 12.7. The molecule has 0 N–H and O–H groups in total. The van der Waals surface area contributed by atoms with Gasteiger partial charge in [0.25, 0.3) is 11.6 Å². The lowest BCUT2D eigenvalue weighted by Crippen LogP contribution is -2.16. The number of nitrogens with zero attached hydrogens (tertiary/aromatic N) is 4. The Kier molecular flexibility index (Phi) is 4.38. The highest BCUT2D eigenvalue weighted by Gasteiger charge is 2.13. The molecule has 0 atom stereocenters. The van der Waals surface area contributed by atoms with E-state index < -0.39 is 4.92 Å². The standard InChI is InChI=1S/C18H12N4O3S2/c1-2-7-21-14-9-12(22(24)25)4-6-15(14)27-18(21)20-17(23)11-3-5-13-16(8-11)26-10-19-13/h2-6,8-10H,1,7H2. The molecule has 0 bridgehead atoms. The largest absolute Gasteiger partial charge is 0.312 e. The summed E-state index contributed by atoms with van der Waals surface area (Å²) < 4.78 is 3.48. The van der Waals surface area contributed by atoms with E-state index in [1.807, 2.05) is 0 Å². The van der Waals surface area contributed by atoms with Crippen molar-refractivity contribution in [3.05, 3.63) is 75.0 Å². The van der Waals surface area contributed by atoms with E-state index in [1.165, 1.54) is 34.8 Å². The van der Waals surface area contributed by atoms with Gasteiger partial charge in [-0.1, -0.05) is 17.4 Å². The number of non-ortho nitro benzene ring substituents is 1. The van der Waals surface area contributed by atoms with Crippen molar-refractivity contribution in [1.82, 2.24) is 9.55 Å². The maximum Gasteiger partial charge on any atom is 0.279 e. The fourth-order valence-electron chi connectivity index (χ4n) is 2.70. The predicted octanol–water partition coefficient (Wildman–Crippen LogP) is 4.15. The fourth-order valence-corrected chi connectivity index (χ4v) is 4.44. The number of hydrogen-bond acceptors (Lipinski definition) is 6. The van der Waals surface area contributed by atoms with E-state index in [1.54, 1.807) is 40.4 Å². The second-order valence-electron chi connectivity index (χ2n) is 5.64. The smallest absolute Gasteiger partial charge is 0.279 e. The van der Waals surface area contributed by atoms with Crippen molar-refractivity contribution in [2.24, 2.45) is 4.99 Å². The van der Waals surface area contributed by atoms with Gasteiger partial charge in [-0.05, 0) is 24.3 Å².